The van der Waals surface area contributed by atoms with Crippen molar-refractivity contribution >= 4 is 35.6 Å². The van der Waals surface area contributed by atoms with Crippen LogP contribution in [-0.4, -0.2) is 60.4 Å². The van der Waals surface area contributed by atoms with Crippen LogP contribution in [0.25, 0.3) is 0 Å². The van der Waals surface area contributed by atoms with Gasteiger partial charge in [0.1, 0.15) is 5.82 Å². The number of anilines is 1. The highest BCUT2D eigenvalue weighted by molar-refractivity contribution is 14.0. The zero-order valence-electron chi connectivity index (χ0n) is 15.9. The number of rotatable bonds is 5. The molecule has 0 aliphatic carbocycles. The molecular weight excluding hydrogens is 458 g/mol. The predicted octanol–water partition coefficient (Wildman–Crippen LogP) is 2.67. The number of aliphatic imine (C=N–C) groups is 1. The summed E-state index contributed by atoms with van der Waals surface area (Å²) in [5, 5.41) is 7.74. The lowest BCUT2D eigenvalue weighted by Gasteiger charge is -2.38. The van der Waals surface area contributed by atoms with Crippen molar-refractivity contribution < 1.29 is 4.39 Å². The second-order valence-electron chi connectivity index (χ2n) is 6.71. The van der Waals surface area contributed by atoms with Crippen LogP contribution in [0, 0.1) is 11.7 Å². The van der Waals surface area contributed by atoms with E-state index in [-0.39, 0.29) is 29.8 Å². The van der Waals surface area contributed by atoms with Gasteiger partial charge in [-0.25, -0.2) is 4.39 Å². The fourth-order valence-corrected chi connectivity index (χ4v) is 3.22. The van der Waals surface area contributed by atoms with Crippen molar-refractivity contribution in [1.29, 1.82) is 0 Å². The number of nitrogens with one attached hydrogen (secondary N) is 1. The van der Waals surface area contributed by atoms with Crippen LogP contribution >= 0.6 is 24.0 Å². The molecule has 27 heavy (non-hydrogen) atoms. The average Bonchev–Trinajstić information content (AvgIpc) is 3.16. The summed E-state index contributed by atoms with van der Waals surface area (Å²) in [6.07, 6.45) is 3.79. The summed E-state index contributed by atoms with van der Waals surface area (Å²) in [6, 6.07) is 8.66. The Morgan fingerprint density at radius 3 is 2.52 bits per heavy atom. The van der Waals surface area contributed by atoms with Gasteiger partial charge in [0, 0.05) is 64.4 Å². The first-order valence-electron chi connectivity index (χ1n) is 9.09. The van der Waals surface area contributed by atoms with E-state index in [0.717, 1.165) is 50.9 Å². The quantitative estimate of drug-likeness (QED) is 0.401. The number of piperazine rings is 1. The van der Waals surface area contributed by atoms with Crippen LogP contribution in [0.4, 0.5) is 10.1 Å². The summed E-state index contributed by atoms with van der Waals surface area (Å²) < 4.78 is 15.0. The van der Waals surface area contributed by atoms with Crippen molar-refractivity contribution in [3.8, 4) is 0 Å². The van der Waals surface area contributed by atoms with Crippen molar-refractivity contribution in [1.82, 2.24) is 20.0 Å². The molecule has 0 spiro atoms. The summed E-state index contributed by atoms with van der Waals surface area (Å²) in [4.78, 5) is 8.99. The molecule has 1 aromatic carbocycles. The van der Waals surface area contributed by atoms with E-state index in [1.165, 1.54) is 12.1 Å². The highest BCUT2D eigenvalue weighted by atomic mass is 127. The topological polar surface area (TPSA) is 48.7 Å². The molecule has 1 N–H and O–H groups in total. The Morgan fingerprint density at radius 2 is 1.93 bits per heavy atom. The lowest BCUT2D eigenvalue weighted by atomic mass is 10.2. The molecule has 1 atom stereocenters. The minimum Gasteiger partial charge on any atom is -0.368 e. The smallest absolute Gasteiger partial charge is 0.193 e. The number of hydrogen-bond donors (Lipinski definition) is 1. The van der Waals surface area contributed by atoms with E-state index < -0.39 is 0 Å². The predicted molar refractivity (Wildman–Crippen MR) is 118 cm³/mol. The molecule has 6 nitrogen and oxygen atoms in total. The van der Waals surface area contributed by atoms with Crippen LogP contribution < -0.4 is 10.2 Å². The Labute approximate surface area is 177 Å². The van der Waals surface area contributed by atoms with Crippen LogP contribution in [0.15, 0.2) is 47.7 Å². The fourth-order valence-electron chi connectivity index (χ4n) is 3.22. The minimum absolute atomic E-state index is 0. The summed E-state index contributed by atoms with van der Waals surface area (Å²) in [7, 11) is 1.83. The molecule has 0 bridgehead atoms. The van der Waals surface area contributed by atoms with Gasteiger partial charge in [-0.1, -0.05) is 6.92 Å². The highest BCUT2D eigenvalue weighted by Gasteiger charge is 2.20. The number of hydrogen-bond acceptors (Lipinski definition) is 3. The lowest BCUT2D eigenvalue weighted by molar-refractivity contribution is 0.364. The molecule has 1 fully saturated rings. The molecular formula is C19H28FIN6. The molecule has 148 valence electrons. The minimum atomic E-state index is -0.193. The number of nitrogens with zero attached hydrogens (tertiary/aromatic N) is 5. The van der Waals surface area contributed by atoms with Crippen LogP contribution in [0.1, 0.15) is 6.92 Å². The first-order valence-corrected chi connectivity index (χ1v) is 9.09. The fraction of sp³-hybridized carbons (Fsp3) is 0.474. The molecule has 3 rings (SSSR count). The van der Waals surface area contributed by atoms with Gasteiger partial charge in [-0.15, -0.1) is 24.0 Å². The van der Waals surface area contributed by atoms with E-state index in [2.05, 4.69) is 32.1 Å². The maximum atomic E-state index is 13.1. The standard InChI is InChI=1S/C19H27FN6.HI/c1-16(15-26-9-3-8-23-26)14-22-19(21-2)25-12-10-24(11-13-25)18-6-4-17(20)5-7-18;/h3-9,16H,10-15H2,1-2H3,(H,21,22);1H. The number of aromatic nitrogens is 2. The van der Waals surface area contributed by atoms with Crippen molar-refractivity contribution in [2.75, 3.05) is 44.7 Å². The maximum Gasteiger partial charge on any atom is 0.193 e. The van der Waals surface area contributed by atoms with Gasteiger partial charge in [-0.2, -0.15) is 5.10 Å². The van der Waals surface area contributed by atoms with Gasteiger partial charge in [-0.3, -0.25) is 9.67 Å². The summed E-state index contributed by atoms with van der Waals surface area (Å²) in [5.74, 6) is 1.20. The van der Waals surface area contributed by atoms with E-state index in [9.17, 15) is 4.39 Å². The normalized spacial score (nSPS) is 16.0. The van der Waals surface area contributed by atoms with E-state index in [4.69, 9.17) is 0 Å². The molecule has 1 aliphatic heterocycles. The molecule has 0 radical (unpaired) electrons. The van der Waals surface area contributed by atoms with Gasteiger partial charge in [0.05, 0.1) is 0 Å². The molecule has 1 aliphatic rings. The van der Waals surface area contributed by atoms with Crippen molar-refractivity contribution in [2.24, 2.45) is 10.9 Å². The number of benzene rings is 1. The SMILES string of the molecule is CN=C(NCC(C)Cn1cccn1)N1CCN(c2ccc(F)cc2)CC1.I. The van der Waals surface area contributed by atoms with Gasteiger partial charge in [0.15, 0.2) is 5.96 Å². The highest BCUT2D eigenvalue weighted by Crippen LogP contribution is 2.17. The van der Waals surface area contributed by atoms with Crippen LogP contribution in [0.2, 0.25) is 0 Å². The Bertz CT molecular complexity index is 695. The van der Waals surface area contributed by atoms with Crippen molar-refractivity contribution in [2.45, 2.75) is 13.5 Å². The largest absolute Gasteiger partial charge is 0.368 e. The zero-order valence-corrected chi connectivity index (χ0v) is 18.2. The third kappa shape index (κ3) is 6.08. The van der Waals surface area contributed by atoms with Crippen LogP contribution in [-0.2, 0) is 6.54 Å². The zero-order chi connectivity index (χ0) is 18.4. The average molecular weight is 486 g/mol. The monoisotopic (exact) mass is 486 g/mol. The Morgan fingerprint density at radius 1 is 1.22 bits per heavy atom. The van der Waals surface area contributed by atoms with E-state index in [1.54, 1.807) is 6.20 Å². The van der Waals surface area contributed by atoms with E-state index in [1.807, 2.05) is 36.1 Å². The van der Waals surface area contributed by atoms with Gasteiger partial charge < -0.3 is 15.1 Å². The van der Waals surface area contributed by atoms with E-state index in [0.29, 0.717) is 5.92 Å². The maximum absolute atomic E-state index is 13.1. The molecule has 2 aromatic rings. The third-order valence-electron chi connectivity index (χ3n) is 4.65. The molecule has 0 amide bonds. The third-order valence-corrected chi connectivity index (χ3v) is 4.65. The second kappa shape index (κ2) is 10.5. The summed E-state index contributed by atoms with van der Waals surface area (Å²) >= 11 is 0. The molecule has 1 saturated heterocycles. The Hall–Kier alpha value is -1.84. The van der Waals surface area contributed by atoms with Gasteiger partial charge in [0.25, 0.3) is 0 Å². The molecule has 2 heterocycles. The Kier molecular flexibility index (Phi) is 8.33. The summed E-state index contributed by atoms with van der Waals surface area (Å²) in [6.45, 7) is 7.52. The first-order chi connectivity index (χ1) is 12.7. The van der Waals surface area contributed by atoms with Gasteiger partial charge in [0.2, 0.25) is 0 Å². The molecule has 1 aromatic heterocycles. The lowest BCUT2D eigenvalue weighted by Crippen LogP contribution is -2.53. The van der Waals surface area contributed by atoms with Crippen molar-refractivity contribution in [3.05, 3.63) is 48.5 Å². The van der Waals surface area contributed by atoms with Crippen molar-refractivity contribution in [3.63, 3.8) is 0 Å². The molecule has 1 unspecified atom stereocenters. The van der Waals surface area contributed by atoms with E-state index >= 15 is 0 Å². The summed E-state index contributed by atoms with van der Waals surface area (Å²) in [5.41, 5.74) is 1.07. The first kappa shape index (κ1) is 21.5. The van der Waals surface area contributed by atoms with Crippen LogP contribution in [0.3, 0.4) is 0 Å². The molecule has 8 heteroatoms. The molecule has 0 saturated carbocycles. The Balaban J connectivity index is 0.00000261. The second-order valence-corrected chi connectivity index (χ2v) is 6.71. The van der Waals surface area contributed by atoms with Gasteiger partial charge >= 0.3 is 0 Å². The number of guanidine groups is 1. The number of halogens is 2. The van der Waals surface area contributed by atoms with Crippen LogP contribution in [0.5, 0.6) is 0 Å². The van der Waals surface area contributed by atoms with Gasteiger partial charge in [-0.05, 0) is 36.2 Å².